The Bertz CT molecular complexity index is 634. The second kappa shape index (κ2) is 9.76. The number of amides is 1. The molecular weight excluding hydrogens is 340 g/mol. The first-order valence-corrected chi connectivity index (χ1v) is 10.4. The summed E-state index contributed by atoms with van der Waals surface area (Å²) in [6.45, 7) is 5.45. The zero-order valence-electron chi connectivity index (χ0n) is 16.8. The Kier molecular flexibility index (Phi) is 7.12. The molecule has 1 amide bonds. The molecule has 0 bridgehead atoms. The molecule has 2 aliphatic rings. The molecule has 0 aromatic carbocycles. The first-order valence-electron chi connectivity index (χ1n) is 10.4. The van der Waals surface area contributed by atoms with Crippen LogP contribution < -0.4 is 10.6 Å². The van der Waals surface area contributed by atoms with Gasteiger partial charge in [0.1, 0.15) is 0 Å². The fourth-order valence-corrected chi connectivity index (χ4v) is 4.11. The predicted octanol–water partition coefficient (Wildman–Crippen LogP) is 1.93. The van der Waals surface area contributed by atoms with Gasteiger partial charge in [-0.15, -0.1) is 0 Å². The van der Waals surface area contributed by atoms with Crippen molar-refractivity contribution in [1.82, 2.24) is 25.3 Å². The van der Waals surface area contributed by atoms with Crippen molar-refractivity contribution < 1.29 is 4.79 Å². The van der Waals surface area contributed by atoms with Gasteiger partial charge in [-0.25, -0.2) is 0 Å². The molecule has 1 saturated carbocycles. The first kappa shape index (κ1) is 19.7. The second-order valence-electron chi connectivity index (χ2n) is 7.88. The molecule has 7 heteroatoms. The van der Waals surface area contributed by atoms with Crippen molar-refractivity contribution in [3.05, 3.63) is 18.0 Å². The molecule has 0 spiro atoms. The lowest BCUT2D eigenvalue weighted by atomic mass is 9.88. The van der Waals surface area contributed by atoms with Gasteiger partial charge in [0, 0.05) is 51.4 Å². The summed E-state index contributed by atoms with van der Waals surface area (Å²) in [5.74, 6) is 1.46. The average Bonchev–Trinajstić information content (AvgIpc) is 3.33. The number of hydrogen-bond donors (Lipinski definition) is 2. The van der Waals surface area contributed by atoms with Crippen molar-refractivity contribution in [2.75, 3.05) is 26.7 Å². The first-order chi connectivity index (χ1) is 13.2. The Labute approximate surface area is 162 Å². The maximum absolute atomic E-state index is 12.7. The molecule has 1 aliphatic carbocycles. The Morgan fingerprint density at radius 1 is 1.30 bits per heavy atom. The normalized spacial score (nSPS) is 21.5. The van der Waals surface area contributed by atoms with E-state index >= 15 is 0 Å². The number of guanidine groups is 1. The van der Waals surface area contributed by atoms with E-state index in [1.807, 2.05) is 10.9 Å². The van der Waals surface area contributed by atoms with Crippen LogP contribution in [0.3, 0.4) is 0 Å². The van der Waals surface area contributed by atoms with Crippen LogP contribution in [-0.4, -0.2) is 59.3 Å². The lowest BCUT2D eigenvalue weighted by Gasteiger charge is -2.26. The fourth-order valence-electron chi connectivity index (χ4n) is 4.11. The molecule has 1 atom stereocenters. The summed E-state index contributed by atoms with van der Waals surface area (Å²) in [6, 6.07) is 0.289. The van der Waals surface area contributed by atoms with Gasteiger partial charge in [0.05, 0.1) is 6.20 Å². The summed E-state index contributed by atoms with van der Waals surface area (Å²) >= 11 is 0. The van der Waals surface area contributed by atoms with Gasteiger partial charge in [-0.1, -0.05) is 19.3 Å². The molecule has 1 saturated heterocycles. The number of aliphatic imine (C=N–C) groups is 1. The van der Waals surface area contributed by atoms with Crippen molar-refractivity contribution in [2.45, 2.75) is 64.5 Å². The highest BCUT2D eigenvalue weighted by atomic mass is 16.2. The van der Waals surface area contributed by atoms with Crippen LogP contribution in [0.25, 0.3) is 0 Å². The molecule has 150 valence electrons. The lowest BCUT2D eigenvalue weighted by Crippen LogP contribution is -2.45. The number of carbonyl (C=O) groups is 1. The standard InChI is InChI=1S/C20H34N6O/c1-16-13-23-26(14-16)11-6-10-22-20(21-2)24-18-9-12-25(15-18)19(27)17-7-4-3-5-8-17/h13-14,17-18H,3-12,15H2,1-2H3,(H2,21,22,24). The van der Waals surface area contributed by atoms with Crippen LogP contribution in [0.15, 0.2) is 17.4 Å². The highest BCUT2D eigenvalue weighted by Gasteiger charge is 2.31. The summed E-state index contributed by atoms with van der Waals surface area (Å²) in [4.78, 5) is 19.1. The van der Waals surface area contributed by atoms with Crippen molar-refractivity contribution in [3.8, 4) is 0 Å². The maximum atomic E-state index is 12.7. The largest absolute Gasteiger partial charge is 0.356 e. The number of carbonyl (C=O) groups excluding carboxylic acids is 1. The van der Waals surface area contributed by atoms with Gasteiger partial charge in [-0.05, 0) is 38.2 Å². The van der Waals surface area contributed by atoms with Gasteiger partial charge in [-0.3, -0.25) is 14.5 Å². The molecule has 0 radical (unpaired) electrons. The minimum Gasteiger partial charge on any atom is -0.356 e. The third kappa shape index (κ3) is 5.71. The second-order valence-corrected chi connectivity index (χ2v) is 7.88. The number of aryl methyl sites for hydroxylation is 2. The predicted molar refractivity (Wildman–Crippen MR) is 108 cm³/mol. The van der Waals surface area contributed by atoms with Crippen LogP contribution >= 0.6 is 0 Å². The van der Waals surface area contributed by atoms with E-state index in [-0.39, 0.29) is 12.0 Å². The number of nitrogens with zero attached hydrogens (tertiary/aromatic N) is 4. The third-order valence-corrected chi connectivity index (χ3v) is 5.64. The molecule has 2 N–H and O–H groups in total. The number of rotatable bonds is 6. The van der Waals surface area contributed by atoms with Crippen LogP contribution in [0, 0.1) is 12.8 Å². The minimum atomic E-state index is 0.265. The molecule has 2 fully saturated rings. The van der Waals surface area contributed by atoms with Gasteiger partial charge in [0.15, 0.2) is 5.96 Å². The number of hydrogen-bond acceptors (Lipinski definition) is 3. The molecular formula is C20H34N6O. The van der Waals surface area contributed by atoms with E-state index in [2.05, 4.69) is 38.7 Å². The summed E-state index contributed by atoms with van der Waals surface area (Å²) in [6.07, 6.45) is 11.8. The zero-order valence-corrected chi connectivity index (χ0v) is 16.8. The topological polar surface area (TPSA) is 74.6 Å². The summed E-state index contributed by atoms with van der Waals surface area (Å²) in [7, 11) is 1.80. The fraction of sp³-hybridized carbons (Fsp3) is 0.750. The van der Waals surface area contributed by atoms with E-state index in [0.717, 1.165) is 57.8 Å². The molecule has 1 aromatic rings. The van der Waals surface area contributed by atoms with Crippen molar-refractivity contribution in [1.29, 1.82) is 0 Å². The van der Waals surface area contributed by atoms with Gasteiger partial charge >= 0.3 is 0 Å². The van der Waals surface area contributed by atoms with Crippen molar-refractivity contribution >= 4 is 11.9 Å². The Hall–Kier alpha value is -2.05. The van der Waals surface area contributed by atoms with Crippen LogP contribution in [0.5, 0.6) is 0 Å². The van der Waals surface area contributed by atoms with Gasteiger partial charge in [0.25, 0.3) is 0 Å². The SMILES string of the molecule is CN=C(NCCCn1cc(C)cn1)NC1CCN(C(=O)C2CCCCC2)C1. The highest BCUT2D eigenvalue weighted by molar-refractivity contribution is 5.81. The third-order valence-electron chi connectivity index (χ3n) is 5.64. The van der Waals surface area contributed by atoms with E-state index in [9.17, 15) is 4.79 Å². The van der Waals surface area contributed by atoms with Crippen LogP contribution in [-0.2, 0) is 11.3 Å². The molecule has 1 aliphatic heterocycles. The lowest BCUT2D eigenvalue weighted by molar-refractivity contribution is -0.135. The highest BCUT2D eigenvalue weighted by Crippen LogP contribution is 2.26. The number of aromatic nitrogens is 2. The molecule has 1 unspecified atom stereocenters. The molecule has 2 heterocycles. The molecule has 27 heavy (non-hydrogen) atoms. The molecule has 7 nitrogen and oxygen atoms in total. The molecule has 1 aromatic heterocycles. The van der Waals surface area contributed by atoms with E-state index in [1.54, 1.807) is 7.05 Å². The summed E-state index contributed by atoms with van der Waals surface area (Å²) < 4.78 is 1.97. The van der Waals surface area contributed by atoms with E-state index in [1.165, 1.54) is 24.8 Å². The van der Waals surface area contributed by atoms with Gasteiger partial charge in [-0.2, -0.15) is 5.10 Å². The Balaban J connectivity index is 1.36. The Morgan fingerprint density at radius 3 is 2.81 bits per heavy atom. The van der Waals surface area contributed by atoms with E-state index < -0.39 is 0 Å². The summed E-state index contributed by atoms with van der Waals surface area (Å²) in [5, 5.41) is 11.2. The summed E-state index contributed by atoms with van der Waals surface area (Å²) in [5.41, 5.74) is 1.19. The van der Waals surface area contributed by atoms with Crippen LogP contribution in [0.1, 0.15) is 50.5 Å². The maximum Gasteiger partial charge on any atom is 0.225 e. The average molecular weight is 375 g/mol. The van der Waals surface area contributed by atoms with Crippen LogP contribution in [0.4, 0.5) is 0 Å². The molecule has 3 rings (SSSR count). The van der Waals surface area contributed by atoms with Crippen LogP contribution in [0.2, 0.25) is 0 Å². The van der Waals surface area contributed by atoms with E-state index in [0.29, 0.717) is 5.91 Å². The monoisotopic (exact) mass is 374 g/mol. The van der Waals surface area contributed by atoms with Gasteiger partial charge in [0.2, 0.25) is 5.91 Å². The smallest absolute Gasteiger partial charge is 0.225 e. The number of likely N-dealkylation sites (tertiary alicyclic amines) is 1. The minimum absolute atomic E-state index is 0.265. The van der Waals surface area contributed by atoms with Crippen molar-refractivity contribution in [3.63, 3.8) is 0 Å². The Morgan fingerprint density at radius 2 is 2.11 bits per heavy atom. The zero-order chi connectivity index (χ0) is 19.1. The quantitative estimate of drug-likeness (QED) is 0.453. The van der Waals surface area contributed by atoms with E-state index in [4.69, 9.17) is 0 Å². The number of nitrogens with one attached hydrogen (secondary N) is 2. The van der Waals surface area contributed by atoms with Gasteiger partial charge < -0.3 is 15.5 Å². The van der Waals surface area contributed by atoms with Crippen molar-refractivity contribution in [2.24, 2.45) is 10.9 Å².